The van der Waals surface area contributed by atoms with Crippen molar-refractivity contribution in [2.24, 2.45) is 0 Å². The number of ether oxygens (including phenoxy) is 1. The lowest BCUT2D eigenvalue weighted by Gasteiger charge is -2.04. The summed E-state index contributed by atoms with van der Waals surface area (Å²) in [4.78, 5) is 11.4. The van der Waals surface area contributed by atoms with E-state index in [1.165, 1.54) is 0 Å². The molecule has 1 N–H and O–H groups in total. The van der Waals surface area contributed by atoms with Crippen LogP contribution in [0.5, 0.6) is 5.75 Å². The van der Waals surface area contributed by atoms with E-state index in [0.29, 0.717) is 12.3 Å². The molecule has 0 aliphatic rings. The minimum absolute atomic E-state index is 0.232. The summed E-state index contributed by atoms with van der Waals surface area (Å²) in [6.07, 6.45) is 3.62. The van der Waals surface area contributed by atoms with Gasteiger partial charge in [0.05, 0.1) is 6.61 Å². The van der Waals surface area contributed by atoms with Gasteiger partial charge >= 0.3 is 5.97 Å². The number of aromatic carboxylic acids is 1. The molecule has 5 heteroatoms. The molecule has 21 heavy (non-hydrogen) atoms. The molecule has 0 spiro atoms. The Labute approximate surface area is 124 Å². The monoisotopic (exact) mass is 288 g/mol. The predicted molar refractivity (Wildman–Crippen MR) is 80.7 cm³/mol. The van der Waals surface area contributed by atoms with Crippen LogP contribution < -0.4 is 4.74 Å². The van der Waals surface area contributed by atoms with Crippen molar-refractivity contribution in [2.45, 2.75) is 33.2 Å². The highest BCUT2D eigenvalue weighted by Gasteiger charge is 2.17. The van der Waals surface area contributed by atoms with Crippen molar-refractivity contribution in [1.82, 2.24) is 9.78 Å². The van der Waals surface area contributed by atoms with Gasteiger partial charge in [-0.25, -0.2) is 4.79 Å². The number of hydrogen-bond donors (Lipinski definition) is 1. The standard InChI is InChI=1S/C16H20N2O3/c1-3-5-10-18-11-14(16(19)20)15(17-18)12-6-8-13(9-7-12)21-4-2/h6-9,11H,3-5,10H2,1-2H3,(H,19,20). The van der Waals surface area contributed by atoms with Gasteiger partial charge in [-0.2, -0.15) is 5.10 Å². The molecule has 1 aromatic carbocycles. The molecule has 1 aromatic heterocycles. The minimum atomic E-state index is -0.957. The van der Waals surface area contributed by atoms with E-state index < -0.39 is 5.97 Å². The van der Waals surface area contributed by atoms with Crippen LogP contribution in [-0.2, 0) is 6.54 Å². The number of unbranched alkanes of at least 4 members (excludes halogenated alkanes) is 1. The summed E-state index contributed by atoms with van der Waals surface area (Å²) >= 11 is 0. The summed E-state index contributed by atoms with van der Waals surface area (Å²) in [6.45, 7) is 5.35. The van der Waals surface area contributed by atoms with Gasteiger partial charge in [0.25, 0.3) is 0 Å². The van der Waals surface area contributed by atoms with E-state index in [2.05, 4.69) is 12.0 Å². The van der Waals surface area contributed by atoms with Gasteiger partial charge in [-0.15, -0.1) is 0 Å². The molecule has 5 nitrogen and oxygen atoms in total. The average Bonchev–Trinajstić information content (AvgIpc) is 2.91. The molecule has 2 rings (SSSR count). The quantitative estimate of drug-likeness (QED) is 0.847. The normalized spacial score (nSPS) is 10.6. The fourth-order valence-electron chi connectivity index (χ4n) is 2.10. The third kappa shape index (κ3) is 3.62. The third-order valence-electron chi connectivity index (χ3n) is 3.17. The van der Waals surface area contributed by atoms with Crippen molar-refractivity contribution in [3.8, 4) is 17.0 Å². The Morgan fingerprint density at radius 3 is 2.57 bits per heavy atom. The van der Waals surface area contributed by atoms with E-state index in [0.717, 1.165) is 30.7 Å². The molecule has 112 valence electrons. The fourth-order valence-corrected chi connectivity index (χ4v) is 2.10. The number of aryl methyl sites for hydroxylation is 1. The van der Waals surface area contributed by atoms with Crippen LogP contribution in [0.1, 0.15) is 37.0 Å². The molecule has 0 atom stereocenters. The van der Waals surface area contributed by atoms with Gasteiger partial charge in [-0.3, -0.25) is 4.68 Å². The number of carbonyl (C=O) groups is 1. The lowest BCUT2D eigenvalue weighted by molar-refractivity contribution is 0.0697. The molecular weight excluding hydrogens is 268 g/mol. The number of benzene rings is 1. The first-order chi connectivity index (χ1) is 10.2. The smallest absolute Gasteiger partial charge is 0.339 e. The lowest BCUT2D eigenvalue weighted by Crippen LogP contribution is -1.98. The minimum Gasteiger partial charge on any atom is -0.494 e. The van der Waals surface area contributed by atoms with E-state index in [-0.39, 0.29) is 5.56 Å². The van der Waals surface area contributed by atoms with Crippen LogP contribution in [0.2, 0.25) is 0 Å². The summed E-state index contributed by atoms with van der Waals surface area (Å²) < 4.78 is 7.10. The molecule has 0 radical (unpaired) electrons. The second-order valence-electron chi connectivity index (χ2n) is 4.77. The Hall–Kier alpha value is -2.30. The van der Waals surface area contributed by atoms with E-state index in [1.807, 2.05) is 31.2 Å². The van der Waals surface area contributed by atoms with E-state index in [4.69, 9.17) is 4.74 Å². The fraction of sp³-hybridized carbons (Fsp3) is 0.375. The Morgan fingerprint density at radius 1 is 1.29 bits per heavy atom. The van der Waals surface area contributed by atoms with Crippen LogP contribution in [0.25, 0.3) is 11.3 Å². The number of carboxylic acids is 1. The van der Waals surface area contributed by atoms with E-state index >= 15 is 0 Å². The summed E-state index contributed by atoms with van der Waals surface area (Å²) in [6, 6.07) is 7.33. The molecule has 0 saturated heterocycles. The number of carboxylic acid groups (broad SMARTS) is 1. The first-order valence-electron chi connectivity index (χ1n) is 7.19. The molecule has 0 fully saturated rings. The van der Waals surface area contributed by atoms with Crippen molar-refractivity contribution in [3.05, 3.63) is 36.0 Å². The van der Waals surface area contributed by atoms with Gasteiger partial charge in [-0.05, 0) is 37.6 Å². The van der Waals surface area contributed by atoms with Crippen LogP contribution in [0, 0.1) is 0 Å². The zero-order chi connectivity index (χ0) is 15.2. The molecule has 0 bridgehead atoms. The zero-order valence-electron chi connectivity index (χ0n) is 12.4. The Kier molecular flexibility index (Phi) is 4.98. The number of aromatic nitrogens is 2. The van der Waals surface area contributed by atoms with Gasteiger partial charge in [0, 0.05) is 18.3 Å². The SMILES string of the molecule is CCCCn1cc(C(=O)O)c(-c2ccc(OCC)cc2)n1. The maximum absolute atomic E-state index is 11.4. The van der Waals surface area contributed by atoms with Crippen LogP contribution in [-0.4, -0.2) is 27.5 Å². The number of hydrogen-bond acceptors (Lipinski definition) is 3. The number of nitrogens with zero attached hydrogens (tertiary/aromatic N) is 2. The van der Waals surface area contributed by atoms with Gasteiger partial charge in [0.2, 0.25) is 0 Å². The van der Waals surface area contributed by atoms with Crippen molar-refractivity contribution < 1.29 is 14.6 Å². The van der Waals surface area contributed by atoms with Gasteiger partial charge in [-0.1, -0.05) is 13.3 Å². The molecular formula is C16H20N2O3. The van der Waals surface area contributed by atoms with E-state index in [9.17, 15) is 9.90 Å². The maximum atomic E-state index is 11.4. The van der Waals surface area contributed by atoms with Crippen LogP contribution >= 0.6 is 0 Å². The largest absolute Gasteiger partial charge is 0.494 e. The Balaban J connectivity index is 2.32. The summed E-state index contributed by atoms with van der Waals surface area (Å²) in [5.74, 6) is -0.190. The number of rotatable bonds is 7. The highest BCUT2D eigenvalue weighted by atomic mass is 16.5. The zero-order valence-corrected chi connectivity index (χ0v) is 12.4. The van der Waals surface area contributed by atoms with Crippen molar-refractivity contribution in [2.75, 3.05) is 6.61 Å². The molecule has 0 aliphatic heterocycles. The topological polar surface area (TPSA) is 64.4 Å². The Morgan fingerprint density at radius 2 is 2.00 bits per heavy atom. The van der Waals surface area contributed by atoms with Crippen molar-refractivity contribution in [3.63, 3.8) is 0 Å². The highest BCUT2D eigenvalue weighted by Crippen LogP contribution is 2.24. The lowest BCUT2D eigenvalue weighted by atomic mass is 10.1. The Bertz CT molecular complexity index is 602. The molecule has 1 heterocycles. The van der Waals surface area contributed by atoms with E-state index in [1.54, 1.807) is 10.9 Å². The molecule has 0 saturated carbocycles. The summed E-state index contributed by atoms with van der Waals surface area (Å²) in [5, 5.41) is 13.7. The molecule has 0 unspecified atom stereocenters. The maximum Gasteiger partial charge on any atom is 0.339 e. The van der Waals surface area contributed by atoms with Crippen LogP contribution in [0.15, 0.2) is 30.5 Å². The molecule has 2 aromatic rings. The van der Waals surface area contributed by atoms with Gasteiger partial charge in [0.15, 0.2) is 0 Å². The molecule has 0 aliphatic carbocycles. The highest BCUT2D eigenvalue weighted by molar-refractivity contribution is 5.94. The van der Waals surface area contributed by atoms with Crippen molar-refractivity contribution in [1.29, 1.82) is 0 Å². The molecule has 0 amide bonds. The first-order valence-corrected chi connectivity index (χ1v) is 7.19. The second-order valence-corrected chi connectivity index (χ2v) is 4.77. The van der Waals surface area contributed by atoms with Gasteiger partial charge in [0.1, 0.15) is 17.0 Å². The van der Waals surface area contributed by atoms with Crippen molar-refractivity contribution >= 4 is 5.97 Å². The van der Waals surface area contributed by atoms with Crippen LogP contribution in [0.3, 0.4) is 0 Å². The predicted octanol–water partition coefficient (Wildman–Crippen LogP) is 3.45. The third-order valence-corrected chi connectivity index (χ3v) is 3.17. The summed E-state index contributed by atoms with van der Waals surface area (Å²) in [7, 11) is 0. The summed E-state index contributed by atoms with van der Waals surface area (Å²) in [5.41, 5.74) is 1.52. The van der Waals surface area contributed by atoms with Gasteiger partial charge < -0.3 is 9.84 Å². The average molecular weight is 288 g/mol. The second kappa shape index (κ2) is 6.92. The van der Waals surface area contributed by atoms with Crippen LogP contribution in [0.4, 0.5) is 0 Å². The first kappa shape index (κ1) is 15.1.